The number of halogens is 1. The van der Waals surface area contributed by atoms with Gasteiger partial charge in [-0.25, -0.2) is 9.37 Å². The molecule has 1 aliphatic heterocycles. The molecule has 6 heteroatoms. The van der Waals surface area contributed by atoms with Crippen molar-refractivity contribution >= 4 is 22.6 Å². The minimum atomic E-state index is -0.311. The second kappa shape index (κ2) is 9.90. The van der Waals surface area contributed by atoms with Gasteiger partial charge in [0.05, 0.1) is 17.6 Å². The molecule has 1 aliphatic rings. The van der Waals surface area contributed by atoms with Crippen LogP contribution in [0.1, 0.15) is 49.9 Å². The first-order valence-electron chi connectivity index (χ1n) is 12.3. The summed E-state index contributed by atoms with van der Waals surface area (Å²) < 4.78 is 21.8. The molecule has 1 saturated heterocycles. The molecule has 3 aromatic carbocycles. The number of para-hydroxylation sites is 3. The average molecular weight is 472 g/mol. The largest absolute Gasteiger partial charge is 0.491 e. The Balaban J connectivity index is 1.39. The molecule has 5 nitrogen and oxygen atoms in total. The number of hydrogen-bond donors (Lipinski definition) is 0. The number of anilines is 1. The second-order valence-corrected chi connectivity index (χ2v) is 9.19. The minimum Gasteiger partial charge on any atom is -0.491 e. The smallest absolute Gasteiger partial charge is 0.227 e. The molecule has 2 atom stereocenters. The van der Waals surface area contributed by atoms with Crippen molar-refractivity contribution in [2.24, 2.45) is 0 Å². The van der Waals surface area contributed by atoms with Gasteiger partial charge in [0, 0.05) is 24.6 Å². The van der Waals surface area contributed by atoms with E-state index >= 15 is 0 Å². The fourth-order valence-electron chi connectivity index (χ4n) is 4.88. The molecule has 1 fully saturated rings. The predicted molar refractivity (Wildman–Crippen MR) is 136 cm³/mol. The van der Waals surface area contributed by atoms with E-state index in [1.165, 1.54) is 17.7 Å². The first-order chi connectivity index (χ1) is 17.0. The molecular weight excluding hydrogens is 441 g/mol. The lowest BCUT2D eigenvalue weighted by Crippen LogP contribution is -2.24. The Morgan fingerprint density at radius 1 is 1.06 bits per heavy atom. The molecule has 0 unspecified atom stereocenters. The van der Waals surface area contributed by atoms with Crippen molar-refractivity contribution in [3.05, 3.63) is 90.0 Å². The minimum absolute atomic E-state index is 0.0268. The van der Waals surface area contributed by atoms with Crippen molar-refractivity contribution in [3.8, 4) is 5.75 Å². The van der Waals surface area contributed by atoms with Gasteiger partial charge in [0.15, 0.2) is 0 Å². The molecule has 1 amide bonds. The number of carbonyl (C=O) groups excluding carboxylic acids is 1. The van der Waals surface area contributed by atoms with Crippen LogP contribution in [0.2, 0.25) is 0 Å². The summed E-state index contributed by atoms with van der Waals surface area (Å²) in [7, 11) is 0. The molecule has 0 spiro atoms. The van der Waals surface area contributed by atoms with Crippen LogP contribution in [-0.2, 0) is 11.3 Å². The number of carbonyl (C=O) groups is 1. The summed E-state index contributed by atoms with van der Waals surface area (Å²) in [4.78, 5) is 19.5. The molecule has 2 heterocycles. The molecule has 0 radical (unpaired) electrons. The number of fused-ring (bicyclic) bond motifs is 1. The number of imidazole rings is 1. The van der Waals surface area contributed by atoms with Crippen molar-refractivity contribution in [2.75, 3.05) is 18.1 Å². The summed E-state index contributed by atoms with van der Waals surface area (Å²) in [6.07, 6.45) is 1.43. The summed E-state index contributed by atoms with van der Waals surface area (Å²) in [5, 5.41) is 0. The summed E-state index contributed by atoms with van der Waals surface area (Å²) in [6.45, 7) is 6.05. The van der Waals surface area contributed by atoms with Crippen molar-refractivity contribution in [2.45, 2.75) is 45.1 Å². The van der Waals surface area contributed by atoms with Gasteiger partial charge in [-0.1, -0.05) is 44.2 Å². The van der Waals surface area contributed by atoms with E-state index in [9.17, 15) is 9.18 Å². The highest BCUT2D eigenvalue weighted by molar-refractivity contribution is 5.96. The van der Waals surface area contributed by atoms with E-state index in [0.29, 0.717) is 37.7 Å². The van der Waals surface area contributed by atoms with E-state index in [4.69, 9.17) is 9.72 Å². The zero-order chi connectivity index (χ0) is 24.4. The number of hydrogen-bond acceptors (Lipinski definition) is 3. The standard InChI is InChI=1S/C29H30FN3O2/c1-3-20(2)24-8-4-7-11-27(24)35-17-16-32-26-10-6-5-9-25(26)31-29(32)21-18-28(34)33(19-21)23-14-12-22(30)13-15-23/h4-15,20-21H,3,16-19H2,1-2H3/t20-,21+/m0/s1. The number of nitrogens with zero attached hydrogens (tertiary/aromatic N) is 3. The third kappa shape index (κ3) is 4.65. The van der Waals surface area contributed by atoms with Crippen LogP contribution in [0.15, 0.2) is 72.8 Å². The normalized spacial score (nSPS) is 16.7. The number of ether oxygens (including phenoxy) is 1. The van der Waals surface area contributed by atoms with Crippen LogP contribution < -0.4 is 9.64 Å². The summed E-state index contributed by atoms with van der Waals surface area (Å²) in [6, 6.07) is 22.4. The third-order valence-electron chi connectivity index (χ3n) is 6.95. The van der Waals surface area contributed by atoms with E-state index in [-0.39, 0.29) is 17.6 Å². The van der Waals surface area contributed by atoms with Crippen molar-refractivity contribution in [1.29, 1.82) is 0 Å². The molecular formula is C29H30FN3O2. The van der Waals surface area contributed by atoms with Crippen LogP contribution in [-0.4, -0.2) is 28.6 Å². The van der Waals surface area contributed by atoms with Crippen molar-refractivity contribution in [1.82, 2.24) is 9.55 Å². The van der Waals surface area contributed by atoms with Crippen LogP contribution in [0.25, 0.3) is 11.0 Å². The van der Waals surface area contributed by atoms with Gasteiger partial charge in [0.25, 0.3) is 0 Å². The first kappa shape index (κ1) is 23.1. The number of aromatic nitrogens is 2. The van der Waals surface area contributed by atoms with Crippen molar-refractivity contribution < 1.29 is 13.9 Å². The van der Waals surface area contributed by atoms with E-state index in [1.54, 1.807) is 17.0 Å². The molecule has 35 heavy (non-hydrogen) atoms. The first-order valence-corrected chi connectivity index (χ1v) is 12.3. The average Bonchev–Trinajstić information content (AvgIpc) is 3.45. The Morgan fingerprint density at radius 3 is 2.60 bits per heavy atom. The molecule has 0 aliphatic carbocycles. The van der Waals surface area contributed by atoms with E-state index < -0.39 is 0 Å². The van der Waals surface area contributed by atoms with Gasteiger partial charge < -0.3 is 14.2 Å². The van der Waals surface area contributed by atoms with Crippen molar-refractivity contribution in [3.63, 3.8) is 0 Å². The molecule has 4 aromatic rings. The monoisotopic (exact) mass is 471 g/mol. The SMILES string of the molecule is CC[C@H](C)c1ccccc1OCCn1c([C@@H]2CC(=O)N(c3ccc(F)cc3)C2)nc2ccccc21. The van der Waals surface area contributed by atoms with Crippen LogP contribution >= 0.6 is 0 Å². The predicted octanol–water partition coefficient (Wildman–Crippen LogP) is 6.29. The Hall–Kier alpha value is -3.67. The Bertz CT molecular complexity index is 1330. The quantitative estimate of drug-likeness (QED) is 0.303. The van der Waals surface area contributed by atoms with Gasteiger partial charge in [0.1, 0.15) is 24.0 Å². The molecule has 180 valence electrons. The van der Waals surface area contributed by atoms with E-state index in [2.05, 4.69) is 36.6 Å². The maximum Gasteiger partial charge on any atom is 0.227 e. The molecule has 0 bridgehead atoms. The highest BCUT2D eigenvalue weighted by Gasteiger charge is 2.34. The summed E-state index contributed by atoms with van der Waals surface area (Å²) in [5.74, 6) is 1.91. The fourth-order valence-corrected chi connectivity index (χ4v) is 4.88. The molecule has 5 rings (SSSR count). The van der Waals surface area contributed by atoms with Gasteiger partial charge in [-0.05, 0) is 60.4 Å². The van der Waals surface area contributed by atoms with Gasteiger partial charge in [-0.2, -0.15) is 0 Å². The molecule has 0 saturated carbocycles. The Kier molecular flexibility index (Phi) is 6.53. The lowest BCUT2D eigenvalue weighted by molar-refractivity contribution is -0.117. The Labute approximate surface area is 205 Å². The number of rotatable bonds is 8. The van der Waals surface area contributed by atoms with Crippen LogP contribution in [0.5, 0.6) is 5.75 Å². The van der Waals surface area contributed by atoms with Gasteiger partial charge >= 0.3 is 0 Å². The highest BCUT2D eigenvalue weighted by atomic mass is 19.1. The van der Waals surface area contributed by atoms with Gasteiger partial charge in [0.2, 0.25) is 5.91 Å². The fraction of sp³-hybridized carbons (Fsp3) is 0.310. The van der Waals surface area contributed by atoms with Crippen LogP contribution in [0.4, 0.5) is 10.1 Å². The maximum absolute atomic E-state index is 13.4. The third-order valence-corrected chi connectivity index (χ3v) is 6.95. The molecule has 0 N–H and O–H groups in total. The van der Waals surface area contributed by atoms with Gasteiger partial charge in [-0.3, -0.25) is 4.79 Å². The lowest BCUT2D eigenvalue weighted by atomic mass is 9.98. The molecule has 1 aromatic heterocycles. The second-order valence-electron chi connectivity index (χ2n) is 9.19. The van der Waals surface area contributed by atoms with Crippen LogP contribution in [0.3, 0.4) is 0 Å². The number of amides is 1. The number of benzene rings is 3. The zero-order valence-electron chi connectivity index (χ0n) is 20.2. The summed E-state index contributed by atoms with van der Waals surface area (Å²) in [5.41, 5.74) is 3.89. The maximum atomic E-state index is 13.4. The lowest BCUT2D eigenvalue weighted by Gasteiger charge is -2.18. The van der Waals surface area contributed by atoms with E-state index in [0.717, 1.165) is 29.0 Å². The zero-order valence-corrected chi connectivity index (χ0v) is 20.2. The van der Waals surface area contributed by atoms with Gasteiger partial charge in [-0.15, -0.1) is 0 Å². The Morgan fingerprint density at radius 2 is 1.80 bits per heavy atom. The van der Waals surface area contributed by atoms with E-state index in [1.807, 2.05) is 30.3 Å². The highest BCUT2D eigenvalue weighted by Crippen LogP contribution is 2.34. The summed E-state index contributed by atoms with van der Waals surface area (Å²) >= 11 is 0. The van der Waals surface area contributed by atoms with Crippen LogP contribution in [0, 0.1) is 5.82 Å². The topological polar surface area (TPSA) is 47.4 Å².